The summed E-state index contributed by atoms with van der Waals surface area (Å²) in [5.74, 6) is 1.92. The molecule has 0 radical (unpaired) electrons. The molecule has 0 aliphatic carbocycles. The summed E-state index contributed by atoms with van der Waals surface area (Å²) in [7, 11) is 0. The Morgan fingerprint density at radius 2 is 0.772 bits per heavy atom. The molecule has 0 atom stereocenters. The van der Waals surface area contributed by atoms with Gasteiger partial charge in [-0.25, -0.2) is 15.0 Å². The van der Waals surface area contributed by atoms with Gasteiger partial charge in [0.05, 0.1) is 0 Å². The second-order valence-corrected chi connectivity index (χ2v) is 16.9. The molecular weight excluding hydrogens is 695 g/mol. The molecule has 0 saturated carbocycles. The van der Waals surface area contributed by atoms with E-state index in [1.54, 1.807) is 0 Å². The molecule has 57 heavy (non-hydrogen) atoms. The van der Waals surface area contributed by atoms with Crippen molar-refractivity contribution in [2.45, 2.75) is 52.4 Å². The minimum absolute atomic E-state index is 0.153. The SMILES string of the molecule is CC(C)(C)c1cc(-c2ccccc2)cc2c1oc1c(C(C)(C)C)cc(-c3ccc(-c4nc(-c5ccccc5)nc(-c5ccccc5)n4)cc3)c(-c3ccccc3)c12. The Balaban J connectivity index is 1.30. The zero-order valence-electron chi connectivity index (χ0n) is 33.3. The number of aromatic nitrogens is 3. The maximum atomic E-state index is 7.16. The lowest BCUT2D eigenvalue weighted by Crippen LogP contribution is -2.12. The number of nitrogens with zero attached hydrogens (tertiary/aromatic N) is 3. The van der Waals surface area contributed by atoms with Gasteiger partial charge in [-0.2, -0.15) is 0 Å². The van der Waals surface area contributed by atoms with Crippen LogP contribution in [0.1, 0.15) is 52.7 Å². The maximum Gasteiger partial charge on any atom is 0.164 e. The number of furan rings is 1. The van der Waals surface area contributed by atoms with E-state index in [9.17, 15) is 0 Å². The Kier molecular flexibility index (Phi) is 8.93. The minimum Gasteiger partial charge on any atom is -0.455 e. The Labute approximate surface area is 335 Å². The van der Waals surface area contributed by atoms with Crippen molar-refractivity contribution in [2.75, 3.05) is 0 Å². The van der Waals surface area contributed by atoms with Gasteiger partial charge in [-0.15, -0.1) is 0 Å². The van der Waals surface area contributed by atoms with Crippen LogP contribution < -0.4 is 0 Å². The highest BCUT2D eigenvalue weighted by Crippen LogP contribution is 2.49. The van der Waals surface area contributed by atoms with E-state index in [1.165, 1.54) is 22.3 Å². The van der Waals surface area contributed by atoms with E-state index in [0.29, 0.717) is 17.5 Å². The minimum atomic E-state index is -0.202. The van der Waals surface area contributed by atoms with Crippen LogP contribution in [0.4, 0.5) is 0 Å². The lowest BCUT2D eigenvalue weighted by atomic mass is 9.80. The molecule has 9 rings (SSSR count). The van der Waals surface area contributed by atoms with Crippen molar-refractivity contribution in [3.05, 3.63) is 175 Å². The van der Waals surface area contributed by atoms with E-state index >= 15 is 0 Å². The summed E-state index contributed by atoms with van der Waals surface area (Å²) in [4.78, 5) is 14.9. The van der Waals surface area contributed by atoms with E-state index in [4.69, 9.17) is 19.4 Å². The fourth-order valence-electron chi connectivity index (χ4n) is 7.83. The third-order valence-electron chi connectivity index (χ3n) is 10.8. The summed E-state index contributed by atoms with van der Waals surface area (Å²) in [6, 6.07) is 57.4. The molecule has 0 saturated heterocycles. The van der Waals surface area contributed by atoms with Gasteiger partial charge in [-0.1, -0.05) is 187 Å². The van der Waals surface area contributed by atoms with E-state index < -0.39 is 0 Å². The van der Waals surface area contributed by atoms with Crippen LogP contribution in [0.3, 0.4) is 0 Å². The van der Waals surface area contributed by atoms with Gasteiger partial charge >= 0.3 is 0 Å². The van der Waals surface area contributed by atoms with Gasteiger partial charge in [-0.3, -0.25) is 0 Å². The molecular formula is C53H45N3O. The maximum absolute atomic E-state index is 7.16. The quantitative estimate of drug-likeness (QED) is 0.170. The lowest BCUT2D eigenvalue weighted by Gasteiger charge is -2.23. The van der Waals surface area contributed by atoms with E-state index in [0.717, 1.165) is 60.9 Å². The molecule has 7 aromatic carbocycles. The Hall–Kier alpha value is -6.65. The molecule has 0 fully saturated rings. The monoisotopic (exact) mass is 739 g/mol. The van der Waals surface area contributed by atoms with Crippen LogP contribution in [0.15, 0.2) is 168 Å². The first-order valence-electron chi connectivity index (χ1n) is 19.7. The number of rotatable bonds is 6. The zero-order valence-corrected chi connectivity index (χ0v) is 33.3. The molecule has 278 valence electrons. The third-order valence-corrected chi connectivity index (χ3v) is 10.8. The highest BCUT2D eigenvalue weighted by molar-refractivity contribution is 6.18. The van der Waals surface area contributed by atoms with Crippen LogP contribution in [0.25, 0.3) is 89.5 Å². The van der Waals surface area contributed by atoms with E-state index in [1.807, 2.05) is 60.7 Å². The van der Waals surface area contributed by atoms with Crippen molar-refractivity contribution in [1.82, 2.24) is 15.0 Å². The molecule has 2 heterocycles. The van der Waals surface area contributed by atoms with E-state index in [2.05, 4.69) is 145 Å². The largest absolute Gasteiger partial charge is 0.455 e. The van der Waals surface area contributed by atoms with Crippen molar-refractivity contribution < 1.29 is 4.42 Å². The molecule has 4 heteroatoms. The average Bonchev–Trinajstić information content (AvgIpc) is 3.62. The number of fused-ring (bicyclic) bond motifs is 3. The van der Waals surface area contributed by atoms with E-state index in [-0.39, 0.29) is 10.8 Å². The van der Waals surface area contributed by atoms with Gasteiger partial charge in [0, 0.05) is 44.2 Å². The average molecular weight is 740 g/mol. The van der Waals surface area contributed by atoms with Gasteiger partial charge in [0.25, 0.3) is 0 Å². The molecule has 0 N–H and O–H groups in total. The molecule has 4 nitrogen and oxygen atoms in total. The molecule has 9 aromatic rings. The summed E-state index contributed by atoms with van der Waals surface area (Å²) < 4.78 is 7.16. The predicted octanol–water partition coefficient (Wildman–Crippen LogP) is 14.4. The van der Waals surface area contributed by atoms with Gasteiger partial charge < -0.3 is 4.42 Å². The van der Waals surface area contributed by atoms with Crippen molar-refractivity contribution in [2.24, 2.45) is 0 Å². The highest BCUT2D eigenvalue weighted by atomic mass is 16.3. The van der Waals surface area contributed by atoms with Crippen molar-refractivity contribution >= 4 is 21.9 Å². The standard InChI is InChI=1S/C53H45N3O/c1-52(2,3)43-32-40(34-19-11-7-12-20-34)31-42-46-45(36-21-13-8-14-22-36)41(33-44(53(4,5)6)48(46)57-47(42)43)35-27-29-39(30-28-35)51-55-49(37-23-15-9-16-24-37)54-50(56-51)38-25-17-10-18-26-38/h7-33H,1-6H3. The Morgan fingerprint density at radius 1 is 0.368 bits per heavy atom. The topological polar surface area (TPSA) is 51.8 Å². The molecule has 0 spiro atoms. The summed E-state index contributed by atoms with van der Waals surface area (Å²) in [5, 5.41) is 2.27. The smallest absolute Gasteiger partial charge is 0.164 e. The van der Waals surface area contributed by atoms with Crippen LogP contribution in [0.5, 0.6) is 0 Å². The normalized spacial score (nSPS) is 12.0. The van der Waals surface area contributed by atoms with Crippen LogP contribution in [-0.2, 0) is 10.8 Å². The molecule has 0 unspecified atom stereocenters. The van der Waals surface area contributed by atoms with Gasteiger partial charge in [-0.05, 0) is 56.8 Å². The van der Waals surface area contributed by atoms with Crippen LogP contribution >= 0.6 is 0 Å². The molecule has 0 amide bonds. The van der Waals surface area contributed by atoms with Gasteiger partial charge in [0.15, 0.2) is 17.5 Å². The van der Waals surface area contributed by atoms with Crippen LogP contribution in [0.2, 0.25) is 0 Å². The summed E-state index contributed by atoms with van der Waals surface area (Å²) in [5.41, 5.74) is 13.7. The first-order chi connectivity index (χ1) is 27.5. The number of hydrogen-bond donors (Lipinski definition) is 0. The second-order valence-electron chi connectivity index (χ2n) is 16.9. The molecule has 2 aromatic heterocycles. The number of hydrogen-bond acceptors (Lipinski definition) is 4. The molecule has 0 bridgehead atoms. The van der Waals surface area contributed by atoms with Crippen LogP contribution in [-0.4, -0.2) is 15.0 Å². The first-order valence-corrected chi connectivity index (χ1v) is 19.7. The second kappa shape index (κ2) is 14.1. The third kappa shape index (κ3) is 6.82. The molecule has 0 aliphatic rings. The number of benzene rings is 7. The summed E-state index contributed by atoms with van der Waals surface area (Å²) >= 11 is 0. The fraction of sp³-hybridized carbons (Fsp3) is 0.151. The van der Waals surface area contributed by atoms with Crippen molar-refractivity contribution in [3.8, 4) is 67.5 Å². The van der Waals surface area contributed by atoms with Gasteiger partial charge in [0.1, 0.15) is 11.2 Å². The summed E-state index contributed by atoms with van der Waals surface area (Å²) in [6.07, 6.45) is 0. The van der Waals surface area contributed by atoms with Crippen LogP contribution in [0, 0.1) is 0 Å². The fourth-order valence-corrected chi connectivity index (χ4v) is 7.83. The predicted molar refractivity (Wildman–Crippen MR) is 237 cm³/mol. The first kappa shape index (κ1) is 36.0. The highest BCUT2D eigenvalue weighted by Gasteiger charge is 2.30. The summed E-state index contributed by atoms with van der Waals surface area (Å²) in [6.45, 7) is 13.7. The van der Waals surface area contributed by atoms with Gasteiger partial charge in [0.2, 0.25) is 0 Å². The zero-order chi connectivity index (χ0) is 39.3. The molecule has 0 aliphatic heterocycles. The van der Waals surface area contributed by atoms with Crippen molar-refractivity contribution in [1.29, 1.82) is 0 Å². The Bertz CT molecular complexity index is 2810. The Morgan fingerprint density at radius 3 is 1.25 bits per heavy atom. The lowest BCUT2D eigenvalue weighted by molar-refractivity contribution is 0.557. The van der Waals surface area contributed by atoms with Crippen molar-refractivity contribution in [3.63, 3.8) is 0 Å².